The van der Waals surface area contributed by atoms with E-state index in [0.717, 1.165) is 13.0 Å². The van der Waals surface area contributed by atoms with E-state index in [9.17, 15) is 0 Å². The van der Waals surface area contributed by atoms with Crippen LogP contribution in [-0.2, 0) is 6.42 Å². The molecule has 0 N–H and O–H groups in total. The maximum Gasteiger partial charge on any atom is 0.0541 e. The number of thiophene rings is 1. The van der Waals surface area contributed by atoms with Gasteiger partial charge in [-0.2, -0.15) is 0 Å². The summed E-state index contributed by atoms with van der Waals surface area (Å²) in [7, 11) is 0. The third-order valence-corrected chi connectivity index (χ3v) is 9.85. The SMILES string of the molecule is c1ccc2c(c1)CCN(c1ccc3sc4ccc(-n5c6ccccc6c6ccccc65)cc4c3c1)c1ccccc1-2. The molecular formula is C38H26N2S. The Morgan fingerprint density at radius 1 is 0.488 bits per heavy atom. The molecule has 0 bridgehead atoms. The van der Waals surface area contributed by atoms with E-state index in [-0.39, 0.29) is 0 Å². The fourth-order valence-corrected chi connectivity index (χ4v) is 7.89. The minimum absolute atomic E-state index is 0.953. The number of anilines is 2. The summed E-state index contributed by atoms with van der Waals surface area (Å²) in [6, 6.07) is 49.2. The summed E-state index contributed by atoms with van der Waals surface area (Å²) in [6.45, 7) is 0.953. The normalized spacial score (nSPS) is 13.1. The molecule has 0 fully saturated rings. The molecule has 6 aromatic carbocycles. The van der Waals surface area contributed by atoms with Crippen LogP contribution in [0.2, 0.25) is 0 Å². The number of hydrogen-bond donors (Lipinski definition) is 0. The van der Waals surface area contributed by atoms with Crippen LogP contribution in [0.25, 0.3) is 58.8 Å². The molecule has 41 heavy (non-hydrogen) atoms. The first-order valence-corrected chi connectivity index (χ1v) is 15.0. The molecule has 3 heteroatoms. The first-order valence-electron chi connectivity index (χ1n) is 14.2. The highest BCUT2D eigenvalue weighted by molar-refractivity contribution is 7.25. The summed E-state index contributed by atoms with van der Waals surface area (Å²) in [5.74, 6) is 0. The molecule has 8 aromatic rings. The number of hydrogen-bond acceptors (Lipinski definition) is 2. The highest BCUT2D eigenvalue weighted by Gasteiger charge is 2.21. The first-order chi connectivity index (χ1) is 20.3. The largest absolute Gasteiger partial charge is 0.341 e. The molecular weight excluding hydrogens is 516 g/mol. The first kappa shape index (κ1) is 22.9. The summed E-state index contributed by atoms with van der Waals surface area (Å²) in [5.41, 5.74) is 10.3. The van der Waals surface area contributed by atoms with Crippen molar-refractivity contribution in [1.29, 1.82) is 0 Å². The van der Waals surface area contributed by atoms with Crippen LogP contribution in [0.4, 0.5) is 11.4 Å². The maximum absolute atomic E-state index is 2.51. The van der Waals surface area contributed by atoms with Crippen molar-refractivity contribution in [2.45, 2.75) is 6.42 Å². The van der Waals surface area contributed by atoms with Gasteiger partial charge in [0.25, 0.3) is 0 Å². The fourth-order valence-electron chi connectivity index (χ4n) is 6.82. The van der Waals surface area contributed by atoms with Crippen LogP contribution in [0.1, 0.15) is 5.56 Å². The molecule has 1 aliphatic heterocycles. The number of aromatic nitrogens is 1. The van der Waals surface area contributed by atoms with Crippen molar-refractivity contribution in [2.24, 2.45) is 0 Å². The molecule has 0 atom stereocenters. The van der Waals surface area contributed by atoms with Gasteiger partial charge >= 0.3 is 0 Å². The van der Waals surface area contributed by atoms with Gasteiger partial charge in [0.15, 0.2) is 0 Å². The second kappa shape index (κ2) is 8.82. The highest BCUT2D eigenvalue weighted by atomic mass is 32.1. The van der Waals surface area contributed by atoms with E-state index >= 15 is 0 Å². The predicted molar refractivity (Wildman–Crippen MR) is 176 cm³/mol. The smallest absolute Gasteiger partial charge is 0.0541 e. The lowest BCUT2D eigenvalue weighted by Crippen LogP contribution is -2.19. The van der Waals surface area contributed by atoms with Crippen molar-refractivity contribution in [3.05, 3.63) is 139 Å². The molecule has 0 saturated carbocycles. The van der Waals surface area contributed by atoms with E-state index in [4.69, 9.17) is 0 Å². The minimum Gasteiger partial charge on any atom is -0.341 e. The van der Waals surface area contributed by atoms with E-state index in [1.54, 1.807) is 0 Å². The van der Waals surface area contributed by atoms with E-state index in [2.05, 4.69) is 143 Å². The maximum atomic E-state index is 2.51. The Morgan fingerprint density at radius 2 is 1.07 bits per heavy atom. The zero-order chi connectivity index (χ0) is 26.9. The van der Waals surface area contributed by atoms with Gasteiger partial charge in [-0.15, -0.1) is 11.3 Å². The van der Waals surface area contributed by atoms with Crippen LogP contribution < -0.4 is 4.90 Å². The molecule has 2 nitrogen and oxygen atoms in total. The standard InChI is InChI=1S/C38H26N2S/c1-2-10-28-25(9-1)21-22-39(34-14-6-3-11-29(28)34)26-17-19-37-32(23-26)33-24-27(18-20-38(33)41-37)40-35-15-7-4-12-30(35)31-13-5-8-16-36(31)40/h1-20,23-24H,21-22H2. The Hall–Kier alpha value is -4.86. The van der Waals surface area contributed by atoms with Crippen molar-refractivity contribution in [2.75, 3.05) is 11.4 Å². The molecule has 0 unspecified atom stereocenters. The topological polar surface area (TPSA) is 8.17 Å². The number of rotatable bonds is 2. The molecule has 194 valence electrons. The summed E-state index contributed by atoms with van der Waals surface area (Å²) in [4.78, 5) is 2.51. The van der Waals surface area contributed by atoms with Crippen molar-refractivity contribution in [3.8, 4) is 16.8 Å². The van der Waals surface area contributed by atoms with Gasteiger partial charge < -0.3 is 9.47 Å². The molecule has 1 aliphatic rings. The zero-order valence-corrected chi connectivity index (χ0v) is 23.2. The number of fused-ring (bicyclic) bond motifs is 9. The lowest BCUT2D eigenvalue weighted by Gasteiger charge is -2.25. The molecule has 0 amide bonds. The molecule has 0 aliphatic carbocycles. The van der Waals surface area contributed by atoms with Crippen LogP contribution in [0.5, 0.6) is 0 Å². The average Bonchev–Trinajstić information content (AvgIpc) is 3.51. The molecule has 0 radical (unpaired) electrons. The Morgan fingerprint density at radius 3 is 1.83 bits per heavy atom. The molecule has 3 heterocycles. The summed E-state index contributed by atoms with van der Waals surface area (Å²) in [6.07, 6.45) is 1.02. The van der Waals surface area contributed by atoms with Crippen molar-refractivity contribution < 1.29 is 0 Å². The Bertz CT molecular complexity index is 2230. The summed E-state index contributed by atoms with van der Waals surface area (Å²) >= 11 is 1.88. The summed E-state index contributed by atoms with van der Waals surface area (Å²) in [5, 5.41) is 5.23. The Balaban J connectivity index is 1.23. The van der Waals surface area contributed by atoms with Crippen LogP contribution in [0.3, 0.4) is 0 Å². The van der Waals surface area contributed by atoms with Gasteiger partial charge in [0.05, 0.1) is 11.0 Å². The Kier molecular flexibility index (Phi) is 4.93. The Labute approximate surface area is 242 Å². The summed E-state index contributed by atoms with van der Waals surface area (Å²) < 4.78 is 5.07. The van der Waals surface area contributed by atoms with Gasteiger partial charge in [-0.1, -0.05) is 78.9 Å². The van der Waals surface area contributed by atoms with Gasteiger partial charge in [-0.05, 0) is 72.1 Å². The second-order valence-corrected chi connectivity index (χ2v) is 12.0. The lowest BCUT2D eigenvalue weighted by atomic mass is 9.98. The fraction of sp³-hybridized carbons (Fsp3) is 0.0526. The van der Waals surface area contributed by atoms with Gasteiger partial charge in [-0.3, -0.25) is 0 Å². The monoisotopic (exact) mass is 542 g/mol. The van der Waals surface area contributed by atoms with Crippen molar-refractivity contribution >= 4 is 64.7 Å². The third-order valence-electron chi connectivity index (χ3n) is 8.69. The predicted octanol–water partition coefficient (Wildman–Crippen LogP) is 10.5. The number of para-hydroxylation sites is 3. The van der Waals surface area contributed by atoms with Crippen molar-refractivity contribution in [1.82, 2.24) is 4.57 Å². The van der Waals surface area contributed by atoms with E-state index in [1.807, 2.05) is 11.3 Å². The van der Waals surface area contributed by atoms with Crippen LogP contribution in [-0.4, -0.2) is 11.1 Å². The molecule has 0 saturated heterocycles. The minimum atomic E-state index is 0.953. The number of benzene rings is 6. The van der Waals surface area contributed by atoms with Gasteiger partial charge in [-0.25, -0.2) is 0 Å². The molecule has 0 spiro atoms. The van der Waals surface area contributed by atoms with Gasteiger partial charge in [0.1, 0.15) is 0 Å². The quantitative estimate of drug-likeness (QED) is 0.211. The average molecular weight is 543 g/mol. The molecule has 9 rings (SSSR count). The van der Waals surface area contributed by atoms with Gasteiger partial charge in [0.2, 0.25) is 0 Å². The van der Waals surface area contributed by atoms with Crippen LogP contribution in [0.15, 0.2) is 133 Å². The molecule has 2 aromatic heterocycles. The van der Waals surface area contributed by atoms with E-state index in [0.29, 0.717) is 0 Å². The zero-order valence-electron chi connectivity index (χ0n) is 22.4. The van der Waals surface area contributed by atoms with Crippen LogP contribution in [0, 0.1) is 0 Å². The number of nitrogens with zero attached hydrogens (tertiary/aromatic N) is 2. The van der Waals surface area contributed by atoms with E-state index < -0.39 is 0 Å². The van der Waals surface area contributed by atoms with Crippen LogP contribution >= 0.6 is 11.3 Å². The second-order valence-electron chi connectivity index (χ2n) is 10.9. The highest BCUT2D eigenvalue weighted by Crippen LogP contribution is 2.43. The lowest BCUT2D eigenvalue weighted by molar-refractivity contribution is 0.928. The van der Waals surface area contributed by atoms with E-state index in [1.165, 1.54) is 75.7 Å². The third kappa shape index (κ3) is 3.43. The van der Waals surface area contributed by atoms with Gasteiger partial charge in [0, 0.05) is 60.1 Å². The van der Waals surface area contributed by atoms with Crippen molar-refractivity contribution in [3.63, 3.8) is 0 Å².